The molecule has 0 aliphatic carbocycles. The van der Waals surface area contributed by atoms with Gasteiger partial charge in [0.05, 0.1) is 49.1 Å². The lowest BCUT2D eigenvalue weighted by Gasteiger charge is -2.40. The summed E-state index contributed by atoms with van der Waals surface area (Å²) >= 11 is 0. The highest BCUT2D eigenvalue weighted by Gasteiger charge is 2.29. The number of nitrogens with zero attached hydrogens (tertiary/aromatic N) is 7. The van der Waals surface area contributed by atoms with Crippen molar-refractivity contribution < 1.29 is 14.3 Å². The molecule has 2 N–H and O–H groups in total. The van der Waals surface area contributed by atoms with Gasteiger partial charge in [-0.2, -0.15) is 4.98 Å². The number of aldehydes is 1. The van der Waals surface area contributed by atoms with E-state index in [0.29, 0.717) is 23.9 Å². The molecule has 1 aromatic carbocycles. The van der Waals surface area contributed by atoms with E-state index in [9.17, 15) is 0 Å². The standard InChI is InChI=1S/C28H37N9O2.C3H4O/c1-29-22-14-23(25(38-6)15-24(22)35(4)12-11-34(2)3)32-28-30-9-7-26(33-28)39-21-17-37(18-21)20-13-19-8-10-36(5)27(19)31-16-20;1-2-3-4/h7-10,13-16,21,29H,11-12,17-18H2,1-6H3,(H,30,32,33);2-3H,1H2. The zero-order valence-electron chi connectivity index (χ0n) is 25.7. The first kappa shape index (κ1) is 31.1. The van der Waals surface area contributed by atoms with Crippen molar-refractivity contribution in [3.05, 3.63) is 61.6 Å². The zero-order valence-corrected chi connectivity index (χ0v) is 25.7. The van der Waals surface area contributed by atoms with Crippen molar-refractivity contribution >= 4 is 46.0 Å². The Bertz CT molecular complexity index is 1530. The Morgan fingerprint density at radius 1 is 1.12 bits per heavy atom. The summed E-state index contributed by atoms with van der Waals surface area (Å²) < 4.78 is 13.9. The maximum absolute atomic E-state index is 9.06. The molecule has 1 aliphatic heterocycles. The lowest BCUT2D eigenvalue weighted by atomic mass is 10.1. The van der Waals surface area contributed by atoms with Crippen LogP contribution in [-0.4, -0.2) is 98.3 Å². The number of ether oxygens (including phenoxy) is 2. The van der Waals surface area contributed by atoms with Crippen molar-refractivity contribution in [2.75, 3.05) is 81.9 Å². The van der Waals surface area contributed by atoms with E-state index in [1.807, 2.05) is 43.2 Å². The number of fused-ring (bicyclic) bond motifs is 1. The van der Waals surface area contributed by atoms with Crippen LogP contribution in [0.5, 0.6) is 11.6 Å². The maximum atomic E-state index is 9.06. The SMILES string of the molecule is C=CC=O.CNc1cc(Nc2nccc(OC3CN(c4cnc5c(ccn5C)c4)C3)n2)c(OC)cc1N(C)CCN(C)C. The van der Waals surface area contributed by atoms with Crippen LogP contribution in [0.1, 0.15) is 0 Å². The van der Waals surface area contributed by atoms with Crippen molar-refractivity contribution in [3.8, 4) is 11.6 Å². The Kier molecular flexibility index (Phi) is 10.4. The number of hydrogen-bond acceptors (Lipinski definition) is 11. The predicted molar refractivity (Wildman–Crippen MR) is 173 cm³/mol. The quantitative estimate of drug-likeness (QED) is 0.186. The summed E-state index contributed by atoms with van der Waals surface area (Å²) in [5.74, 6) is 1.67. The van der Waals surface area contributed by atoms with E-state index < -0.39 is 0 Å². The predicted octanol–water partition coefficient (Wildman–Crippen LogP) is 3.79. The van der Waals surface area contributed by atoms with Gasteiger partial charge in [0.15, 0.2) is 0 Å². The summed E-state index contributed by atoms with van der Waals surface area (Å²) in [6.07, 6.45) is 7.52. The average Bonchev–Trinajstić information content (AvgIpc) is 3.37. The molecular weight excluding hydrogens is 546 g/mol. The number of pyridine rings is 1. The molecule has 0 spiro atoms. The van der Waals surface area contributed by atoms with Crippen LogP contribution >= 0.6 is 0 Å². The Hall–Kier alpha value is -4.84. The zero-order chi connectivity index (χ0) is 30.9. The second kappa shape index (κ2) is 14.4. The van der Waals surface area contributed by atoms with Crippen LogP contribution < -0.4 is 29.9 Å². The third kappa shape index (κ3) is 7.72. The molecule has 0 unspecified atom stereocenters. The van der Waals surface area contributed by atoms with Crippen molar-refractivity contribution in [1.29, 1.82) is 0 Å². The van der Waals surface area contributed by atoms with E-state index in [-0.39, 0.29) is 6.10 Å². The average molecular weight is 588 g/mol. The molecule has 0 radical (unpaired) electrons. The minimum atomic E-state index is 0.0432. The molecule has 1 aliphatic rings. The van der Waals surface area contributed by atoms with E-state index in [4.69, 9.17) is 14.3 Å². The largest absolute Gasteiger partial charge is 0.494 e. The summed E-state index contributed by atoms with van der Waals surface area (Å²) in [5, 5.41) is 7.73. The molecule has 4 aromatic rings. The number of allylic oxidation sites excluding steroid dienone is 1. The second-order valence-electron chi connectivity index (χ2n) is 10.4. The fraction of sp³-hybridized carbons (Fsp3) is 0.355. The minimum Gasteiger partial charge on any atom is -0.494 e. The van der Waals surface area contributed by atoms with E-state index >= 15 is 0 Å². The van der Waals surface area contributed by atoms with Gasteiger partial charge >= 0.3 is 0 Å². The molecule has 228 valence electrons. The van der Waals surface area contributed by atoms with Gasteiger partial charge in [0, 0.05) is 64.1 Å². The number of carbonyl (C=O) groups is 1. The van der Waals surface area contributed by atoms with Crippen LogP contribution in [0.2, 0.25) is 0 Å². The van der Waals surface area contributed by atoms with Gasteiger partial charge in [-0.1, -0.05) is 6.58 Å². The lowest BCUT2D eigenvalue weighted by Crippen LogP contribution is -2.54. The third-order valence-corrected chi connectivity index (χ3v) is 7.05. The monoisotopic (exact) mass is 587 g/mol. The van der Waals surface area contributed by atoms with Gasteiger partial charge in [0.1, 0.15) is 23.8 Å². The molecule has 12 heteroatoms. The van der Waals surface area contributed by atoms with Crippen molar-refractivity contribution in [2.45, 2.75) is 6.10 Å². The highest BCUT2D eigenvalue weighted by atomic mass is 16.5. The number of aryl methyl sites for hydroxylation is 1. The molecule has 0 atom stereocenters. The number of benzene rings is 1. The number of anilines is 5. The van der Waals surface area contributed by atoms with Crippen LogP contribution in [0.3, 0.4) is 0 Å². The van der Waals surface area contributed by atoms with Gasteiger partial charge in [0.2, 0.25) is 11.8 Å². The van der Waals surface area contributed by atoms with Crippen LogP contribution in [0, 0.1) is 0 Å². The molecule has 4 heterocycles. The first-order valence-corrected chi connectivity index (χ1v) is 14.0. The van der Waals surface area contributed by atoms with Gasteiger partial charge < -0.3 is 39.4 Å². The number of likely N-dealkylation sites (N-methyl/N-ethyl adjacent to an activating group) is 2. The topological polar surface area (TPSA) is 113 Å². The molecule has 3 aromatic heterocycles. The number of rotatable bonds is 12. The van der Waals surface area contributed by atoms with Crippen molar-refractivity contribution in [2.24, 2.45) is 7.05 Å². The summed E-state index contributed by atoms with van der Waals surface area (Å²) in [6.45, 7) is 6.49. The molecule has 43 heavy (non-hydrogen) atoms. The molecule has 0 saturated carbocycles. The molecule has 0 amide bonds. The summed E-state index contributed by atoms with van der Waals surface area (Å²) in [5.41, 5.74) is 4.88. The molecule has 0 bridgehead atoms. The van der Waals surface area contributed by atoms with E-state index in [1.165, 1.54) is 6.08 Å². The Labute approximate surface area is 252 Å². The molecule has 1 saturated heterocycles. The third-order valence-electron chi connectivity index (χ3n) is 7.05. The van der Waals surface area contributed by atoms with Gasteiger partial charge in [-0.25, -0.2) is 9.97 Å². The fourth-order valence-electron chi connectivity index (χ4n) is 4.62. The summed E-state index contributed by atoms with van der Waals surface area (Å²) in [4.78, 5) is 29.3. The number of hydrogen-bond donors (Lipinski definition) is 2. The molecular formula is C31H41N9O3. The Balaban J connectivity index is 0.000000996. The van der Waals surface area contributed by atoms with Crippen LogP contribution in [0.15, 0.2) is 61.6 Å². The van der Waals surface area contributed by atoms with Gasteiger partial charge in [0.25, 0.3) is 0 Å². The van der Waals surface area contributed by atoms with E-state index in [1.54, 1.807) is 19.4 Å². The fourth-order valence-corrected chi connectivity index (χ4v) is 4.62. The Morgan fingerprint density at radius 2 is 1.88 bits per heavy atom. The highest BCUT2D eigenvalue weighted by Crippen LogP contribution is 2.37. The van der Waals surface area contributed by atoms with E-state index in [2.05, 4.69) is 80.1 Å². The number of carbonyl (C=O) groups excluding carboxylic acids is 1. The molecule has 1 fully saturated rings. The van der Waals surface area contributed by atoms with Gasteiger partial charge in [-0.15, -0.1) is 0 Å². The van der Waals surface area contributed by atoms with Crippen LogP contribution in [0.25, 0.3) is 11.0 Å². The van der Waals surface area contributed by atoms with E-state index in [0.717, 1.165) is 60.0 Å². The lowest BCUT2D eigenvalue weighted by molar-refractivity contribution is -0.104. The summed E-state index contributed by atoms with van der Waals surface area (Å²) in [6, 6.07) is 10.1. The highest BCUT2D eigenvalue weighted by molar-refractivity contribution is 5.81. The minimum absolute atomic E-state index is 0.0432. The first-order chi connectivity index (χ1) is 20.8. The smallest absolute Gasteiger partial charge is 0.230 e. The molecule has 12 nitrogen and oxygen atoms in total. The van der Waals surface area contributed by atoms with Gasteiger partial charge in [-0.3, -0.25) is 4.79 Å². The van der Waals surface area contributed by atoms with Crippen LogP contribution in [0.4, 0.5) is 28.7 Å². The van der Waals surface area contributed by atoms with Crippen molar-refractivity contribution in [3.63, 3.8) is 0 Å². The second-order valence-corrected chi connectivity index (χ2v) is 10.4. The number of nitrogens with one attached hydrogen (secondary N) is 2. The Morgan fingerprint density at radius 3 is 2.56 bits per heavy atom. The van der Waals surface area contributed by atoms with Crippen molar-refractivity contribution in [1.82, 2.24) is 24.4 Å². The van der Waals surface area contributed by atoms with Gasteiger partial charge in [-0.05, 0) is 38.4 Å². The normalized spacial score (nSPS) is 12.7. The number of methoxy groups -OCH3 is 1. The first-order valence-electron chi connectivity index (χ1n) is 14.0. The molecule has 5 rings (SSSR count). The number of aromatic nitrogens is 4. The maximum Gasteiger partial charge on any atom is 0.230 e. The summed E-state index contributed by atoms with van der Waals surface area (Å²) in [7, 11) is 11.8. The van der Waals surface area contributed by atoms with Crippen LogP contribution in [-0.2, 0) is 11.8 Å².